The lowest BCUT2D eigenvalue weighted by atomic mass is 10.2. The number of aliphatic hydroxyl groups excluding tert-OH is 1. The lowest BCUT2D eigenvalue weighted by Gasteiger charge is -2.08. The molecule has 2 heterocycles. The fraction of sp³-hybridized carbons (Fsp3) is 0.235. The Morgan fingerprint density at radius 3 is 2.81 bits per heavy atom. The van der Waals surface area contributed by atoms with Crippen molar-refractivity contribution in [1.82, 2.24) is 9.55 Å². The molecule has 0 aliphatic carbocycles. The number of fused-ring (bicyclic) bond motifs is 1. The number of aryl methyl sites for hydroxylation is 1. The average molecular weight is 282 g/mol. The van der Waals surface area contributed by atoms with Crippen LogP contribution in [-0.2, 0) is 13.2 Å². The van der Waals surface area contributed by atoms with Crippen LogP contribution in [0.15, 0.2) is 42.6 Å². The Labute approximate surface area is 123 Å². The Balaban J connectivity index is 2.04. The van der Waals surface area contributed by atoms with Gasteiger partial charge >= 0.3 is 0 Å². The van der Waals surface area contributed by atoms with Crippen molar-refractivity contribution in [3.8, 4) is 5.75 Å². The van der Waals surface area contributed by atoms with Crippen molar-refractivity contribution in [3.05, 3.63) is 59.5 Å². The second-order valence-corrected chi connectivity index (χ2v) is 5.10. The van der Waals surface area contributed by atoms with Gasteiger partial charge in [0.05, 0.1) is 26.0 Å². The van der Waals surface area contributed by atoms with E-state index in [1.165, 1.54) is 0 Å². The first-order valence-electron chi connectivity index (χ1n) is 6.90. The Kier molecular flexibility index (Phi) is 3.62. The van der Waals surface area contributed by atoms with Gasteiger partial charge in [-0.3, -0.25) is 4.98 Å². The number of nitrogens with zero attached hydrogens (tertiary/aromatic N) is 2. The molecule has 0 atom stereocenters. The van der Waals surface area contributed by atoms with Crippen molar-refractivity contribution in [2.75, 3.05) is 7.11 Å². The monoisotopic (exact) mass is 282 g/mol. The predicted molar refractivity (Wildman–Crippen MR) is 82.5 cm³/mol. The van der Waals surface area contributed by atoms with Gasteiger partial charge in [-0.1, -0.05) is 18.2 Å². The van der Waals surface area contributed by atoms with Crippen LogP contribution in [0.3, 0.4) is 0 Å². The van der Waals surface area contributed by atoms with E-state index in [2.05, 4.69) is 15.6 Å². The molecule has 0 radical (unpaired) electrons. The van der Waals surface area contributed by atoms with Crippen molar-refractivity contribution in [2.45, 2.75) is 20.1 Å². The Morgan fingerprint density at radius 2 is 2.05 bits per heavy atom. The van der Waals surface area contributed by atoms with Crippen molar-refractivity contribution >= 4 is 10.9 Å². The number of aromatic nitrogens is 2. The van der Waals surface area contributed by atoms with Gasteiger partial charge in [0.1, 0.15) is 5.75 Å². The fourth-order valence-corrected chi connectivity index (χ4v) is 2.66. The summed E-state index contributed by atoms with van der Waals surface area (Å²) in [7, 11) is 1.66. The molecule has 1 N–H and O–H groups in total. The molecule has 0 aliphatic rings. The van der Waals surface area contributed by atoms with Gasteiger partial charge in [-0.2, -0.15) is 0 Å². The number of rotatable bonds is 4. The first kappa shape index (κ1) is 13.6. The minimum absolute atomic E-state index is 0.0398. The topological polar surface area (TPSA) is 47.3 Å². The molecule has 0 aliphatic heterocycles. The second-order valence-electron chi connectivity index (χ2n) is 5.10. The van der Waals surface area contributed by atoms with E-state index >= 15 is 0 Å². The highest BCUT2D eigenvalue weighted by atomic mass is 16.5. The van der Waals surface area contributed by atoms with E-state index in [1.54, 1.807) is 7.11 Å². The smallest absolute Gasteiger partial charge is 0.122 e. The quantitative estimate of drug-likeness (QED) is 0.800. The van der Waals surface area contributed by atoms with Gasteiger partial charge in [-0.15, -0.1) is 0 Å². The van der Waals surface area contributed by atoms with Gasteiger partial charge in [-0.05, 0) is 13.0 Å². The van der Waals surface area contributed by atoms with Crippen LogP contribution in [-0.4, -0.2) is 21.8 Å². The first-order valence-corrected chi connectivity index (χ1v) is 6.90. The standard InChI is InChI=1S/C17H18N2O2/c1-12-7-15(21-2)8-14(18-12)10-19-9-13(11-20)16-5-3-4-6-17(16)19/h3-9,20H,10-11H2,1-2H3. The van der Waals surface area contributed by atoms with Crippen LogP contribution >= 0.6 is 0 Å². The zero-order chi connectivity index (χ0) is 14.8. The molecule has 1 aromatic carbocycles. The first-order chi connectivity index (χ1) is 10.2. The SMILES string of the molecule is COc1cc(C)nc(Cn2cc(CO)c3ccccc32)c1. The summed E-state index contributed by atoms with van der Waals surface area (Å²) in [5.74, 6) is 0.816. The minimum atomic E-state index is 0.0398. The van der Waals surface area contributed by atoms with Crippen LogP contribution in [0.5, 0.6) is 5.75 Å². The van der Waals surface area contributed by atoms with Crippen molar-refractivity contribution in [1.29, 1.82) is 0 Å². The van der Waals surface area contributed by atoms with E-state index in [-0.39, 0.29) is 6.61 Å². The number of ether oxygens (including phenoxy) is 1. The molecule has 108 valence electrons. The van der Waals surface area contributed by atoms with Gasteiger partial charge in [0, 0.05) is 40.5 Å². The summed E-state index contributed by atoms with van der Waals surface area (Å²) in [4.78, 5) is 4.56. The maximum Gasteiger partial charge on any atom is 0.122 e. The molecule has 4 heteroatoms. The van der Waals surface area contributed by atoms with E-state index in [0.29, 0.717) is 6.54 Å². The van der Waals surface area contributed by atoms with Gasteiger partial charge in [0.15, 0.2) is 0 Å². The Morgan fingerprint density at radius 1 is 1.24 bits per heavy atom. The van der Waals surface area contributed by atoms with E-state index in [0.717, 1.165) is 33.6 Å². The summed E-state index contributed by atoms with van der Waals surface area (Å²) in [5.41, 5.74) is 3.91. The van der Waals surface area contributed by atoms with Crippen molar-refractivity contribution in [3.63, 3.8) is 0 Å². The van der Waals surface area contributed by atoms with E-state index in [1.807, 2.05) is 43.5 Å². The molecule has 0 amide bonds. The molecule has 0 unspecified atom stereocenters. The number of aliphatic hydroxyl groups is 1. The number of pyridine rings is 1. The van der Waals surface area contributed by atoms with Crippen LogP contribution in [0.1, 0.15) is 17.0 Å². The lowest BCUT2D eigenvalue weighted by molar-refractivity contribution is 0.283. The highest BCUT2D eigenvalue weighted by molar-refractivity contribution is 5.83. The normalized spacial score (nSPS) is 11.0. The number of para-hydroxylation sites is 1. The highest BCUT2D eigenvalue weighted by Crippen LogP contribution is 2.23. The fourth-order valence-electron chi connectivity index (χ4n) is 2.66. The summed E-state index contributed by atoms with van der Waals surface area (Å²) in [6, 6.07) is 11.9. The summed E-state index contributed by atoms with van der Waals surface area (Å²) >= 11 is 0. The van der Waals surface area contributed by atoms with Gasteiger partial charge in [0.2, 0.25) is 0 Å². The molecule has 0 saturated carbocycles. The largest absolute Gasteiger partial charge is 0.497 e. The summed E-state index contributed by atoms with van der Waals surface area (Å²) in [6.45, 7) is 2.65. The molecule has 4 nitrogen and oxygen atoms in total. The van der Waals surface area contributed by atoms with Crippen LogP contribution in [0.4, 0.5) is 0 Å². The molecular formula is C17H18N2O2. The van der Waals surface area contributed by atoms with Gasteiger partial charge in [0.25, 0.3) is 0 Å². The average Bonchev–Trinajstić information content (AvgIpc) is 2.85. The molecular weight excluding hydrogens is 264 g/mol. The molecule has 3 rings (SSSR count). The number of hydrogen-bond acceptors (Lipinski definition) is 3. The van der Waals surface area contributed by atoms with E-state index < -0.39 is 0 Å². The molecule has 0 fully saturated rings. The number of benzene rings is 1. The molecule has 3 aromatic rings. The van der Waals surface area contributed by atoms with E-state index in [4.69, 9.17) is 4.74 Å². The van der Waals surface area contributed by atoms with Crippen molar-refractivity contribution in [2.24, 2.45) is 0 Å². The van der Waals surface area contributed by atoms with E-state index in [9.17, 15) is 5.11 Å². The molecule has 0 saturated heterocycles. The van der Waals surface area contributed by atoms with Crippen molar-refractivity contribution < 1.29 is 9.84 Å². The van der Waals surface area contributed by atoms with Crippen LogP contribution < -0.4 is 4.74 Å². The third-order valence-corrected chi connectivity index (χ3v) is 3.59. The minimum Gasteiger partial charge on any atom is -0.497 e. The van der Waals surface area contributed by atoms with Crippen LogP contribution in [0.25, 0.3) is 10.9 Å². The number of hydrogen-bond donors (Lipinski definition) is 1. The molecule has 21 heavy (non-hydrogen) atoms. The maximum atomic E-state index is 9.49. The molecule has 0 spiro atoms. The van der Waals surface area contributed by atoms with Gasteiger partial charge in [-0.25, -0.2) is 0 Å². The summed E-state index contributed by atoms with van der Waals surface area (Å²) in [5, 5.41) is 10.6. The molecule has 2 aromatic heterocycles. The Hall–Kier alpha value is -2.33. The number of methoxy groups -OCH3 is 1. The third-order valence-electron chi connectivity index (χ3n) is 3.59. The summed E-state index contributed by atoms with van der Waals surface area (Å²) < 4.78 is 7.41. The Bertz CT molecular complexity index is 778. The van der Waals surface area contributed by atoms with Gasteiger partial charge < -0.3 is 14.4 Å². The maximum absolute atomic E-state index is 9.49. The second kappa shape index (κ2) is 5.58. The third kappa shape index (κ3) is 2.62. The summed E-state index contributed by atoms with van der Waals surface area (Å²) in [6.07, 6.45) is 1.99. The van der Waals surface area contributed by atoms with Crippen LogP contribution in [0, 0.1) is 6.92 Å². The zero-order valence-corrected chi connectivity index (χ0v) is 12.2. The lowest BCUT2D eigenvalue weighted by Crippen LogP contribution is -2.02. The van der Waals surface area contributed by atoms with Crippen LogP contribution in [0.2, 0.25) is 0 Å². The predicted octanol–water partition coefficient (Wildman–Crippen LogP) is 2.89. The zero-order valence-electron chi connectivity index (χ0n) is 12.2. The molecule has 0 bridgehead atoms. The highest BCUT2D eigenvalue weighted by Gasteiger charge is 2.09.